The fourth-order valence-electron chi connectivity index (χ4n) is 2.16. The molecule has 0 saturated heterocycles. The van der Waals surface area contributed by atoms with Crippen molar-refractivity contribution in [1.29, 1.82) is 0 Å². The van der Waals surface area contributed by atoms with Gasteiger partial charge in [0.05, 0.1) is 12.2 Å². The summed E-state index contributed by atoms with van der Waals surface area (Å²) in [5.74, 6) is 1.26. The molecule has 1 aromatic rings. The van der Waals surface area contributed by atoms with Gasteiger partial charge < -0.3 is 25.4 Å². The van der Waals surface area contributed by atoms with E-state index in [2.05, 4.69) is 20.6 Å². The zero-order valence-corrected chi connectivity index (χ0v) is 13.5. The van der Waals surface area contributed by atoms with E-state index >= 15 is 0 Å². The summed E-state index contributed by atoms with van der Waals surface area (Å²) in [6.07, 6.45) is 0.150. The third-order valence-corrected chi connectivity index (χ3v) is 3.22. The van der Waals surface area contributed by atoms with E-state index in [1.807, 2.05) is 0 Å². The molecule has 2 rings (SSSR count). The molecule has 0 spiro atoms. The number of carbonyl (C=O) groups excluding carboxylic acids is 1. The highest BCUT2D eigenvalue weighted by Crippen LogP contribution is 2.26. The smallest absolute Gasteiger partial charge is 0.408 e. The number of amides is 1. The number of carbonyl (C=O) groups is 1. The van der Waals surface area contributed by atoms with Gasteiger partial charge in [-0.05, 0) is 27.7 Å². The number of aliphatic hydroxyl groups is 1. The Kier molecular flexibility index (Phi) is 4.41. The van der Waals surface area contributed by atoms with Gasteiger partial charge in [0.25, 0.3) is 0 Å². The van der Waals surface area contributed by atoms with Crippen LogP contribution in [0.25, 0.3) is 0 Å². The van der Waals surface area contributed by atoms with Gasteiger partial charge in [0.15, 0.2) is 5.82 Å². The van der Waals surface area contributed by atoms with Crippen molar-refractivity contribution >= 4 is 17.6 Å². The van der Waals surface area contributed by atoms with Crippen LogP contribution >= 0.6 is 0 Å². The number of anilines is 2. The topological polar surface area (TPSA) is 99.6 Å². The van der Waals surface area contributed by atoms with Crippen molar-refractivity contribution < 1.29 is 14.6 Å². The van der Waals surface area contributed by atoms with Crippen LogP contribution in [-0.2, 0) is 4.74 Å². The lowest BCUT2D eigenvalue weighted by atomic mass is 10.2. The quantitative estimate of drug-likeness (QED) is 0.707. The van der Waals surface area contributed by atoms with Crippen molar-refractivity contribution in [3.63, 3.8) is 0 Å². The number of likely N-dealkylation sites (N-methyl/N-ethyl adjacent to an activating group) is 1. The van der Waals surface area contributed by atoms with E-state index < -0.39 is 24.0 Å². The molecule has 0 fully saturated rings. The molecule has 0 aromatic carbocycles. The number of fused-ring (bicyclic) bond motifs is 1. The van der Waals surface area contributed by atoms with Gasteiger partial charge in [0.1, 0.15) is 23.3 Å². The summed E-state index contributed by atoms with van der Waals surface area (Å²) in [6, 6.07) is -0.547. The van der Waals surface area contributed by atoms with Gasteiger partial charge in [-0.2, -0.15) is 0 Å². The zero-order valence-electron chi connectivity index (χ0n) is 13.5. The molecule has 3 N–H and O–H groups in total. The lowest BCUT2D eigenvalue weighted by molar-refractivity contribution is 0.0435. The molecule has 1 aliphatic rings. The third kappa shape index (κ3) is 3.76. The van der Waals surface area contributed by atoms with Crippen molar-refractivity contribution in [1.82, 2.24) is 15.3 Å². The molecule has 8 nitrogen and oxygen atoms in total. The van der Waals surface area contributed by atoms with Crippen LogP contribution in [0.1, 0.15) is 26.6 Å². The average molecular weight is 309 g/mol. The van der Waals surface area contributed by atoms with Gasteiger partial charge >= 0.3 is 6.09 Å². The van der Waals surface area contributed by atoms with E-state index in [0.717, 1.165) is 0 Å². The second-order valence-corrected chi connectivity index (χ2v) is 6.31. The minimum absolute atomic E-state index is 0.328. The highest BCUT2D eigenvalue weighted by atomic mass is 16.6. The molecule has 122 valence electrons. The number of alkyl carbamates (subject to hydrolysis) is 1. The van der Waals surface area contributed by atoms with Gasteiger partial charge in [-0.15, -0.1) is 0 Å². The van der Waals surface area contributed by atoms with Crippen molar-refractivity contribution in [2.45, 2.75) is 45.6 Å². The Balaban J connectivity index is 2.12. The number of aliphatic hydroxyl groups excluding tert-OH is 1. The Hall–Kier alpha value is -2.09. The molecular formula is C14H23N5O3. The predicted octanol–water partition coefficient (Wildman–Crippen LogP) is 0.858. The van der Waals surface area contributed by atoms with Gasteiger partial charge in [-0.3, -0.25) is 0 Å². The number of nitrogens with zero attached hydrogens (tertiary/aromatic N) is 3. The molecule has 1 unspecified atom stereocenters. The molecule has 0 saturated carbocycles. The largest absolute Gasteiger partial charge is 0.444 e. The van der Waals surface area contributed by atoms with Crippen LogP contribution in [0.4, 0.5) is 16.3 Å². The van der Waals surface area contributed by atoms with Gasteiger partial charge in [0.2, 0.25) is 0 Å². The second kappa shape index (κ2) is 5.96. The van der Waals surface area contributed by atoms with Crippen molar-refractivity contribution in [3.8, 4) is 0 Å². The lowest BCUT2D eigenvalue weighted by Crippen LogP contribution is -2.53. The van der Waals surface area contributed by atoms with Crippen LogP contribution in [-0.4, -0.2) is 52.6 Å². The fourth-order valence-corrected chi connectivity index (χ4v) is 2.16. The average Bonchev–Trinajstić information content (AvgIpc) is 2.49. The summed E-state index contributed by atoms with van der Waals surface area (Å²) in [5.41, 5.74) is 0.0802. The summed E-state index contributed by atoms with van der Waals surface area (Å²) in [7, 11) is 1.72. The number of nitrogens with one attached hydrogen (secondary N) is 2. The van der Waals surface area contributed by atoms with E-state index in [1.54, 1.807) is 45.8 Å². The summed E-state index contributed by atoms with van der Waals surface area (Å²) in [6.45, 7) is 7.48. The van der Waals surface area contributed by atoms with Gasteiger partial charge in [-0.25, -0.2) is 14.8 Å². The summed E-state index contributed by atoms with van der Waals surface area (Å²) in [5, 5.41) is 16.2. The van der Waals surface area contributed by atoms with Crippen LogP contribution in [0, 0.1) is 6.92 Å². The van der Waals surface area contributed by atoms with E-state index in [-0.39, 0.29) is 0 Å². The first kappa shape index (κ1) is 16.3. The highest BCUT2D eigenvalue weighted by Gasteiger charge is 2.31. The third-order valence-electron chi connectivity index (χ3n) is 3.22. The molecule has 0 bridgehead atoms. The number of hydrogen-bond acceptors (Lipinski definition) is 7. The standard InChI is InChI=1S/C14H23N5O3/c1-8-15-7-10-11(17-8)16-6-9(12(20)19(10)5)18-13(21)22-14(2,3)4/h7,9,12,20H,6H2,1-5H3,(H,18,21)(H,15,16,17)/t9-,12?/m0/s1. The Bertz CT molecular complexity index is 558. The molecule has 2 heterocycles. The predicted molar refractivity (Wildman–Crippen MR) is 82.8 cm³/mol. The minimum atomic E-state index is -0.924. The highest BCUT2D eigenvalue weighted by molar-refractivity contribution is 5.70. The fraction of sp³-hybridized carbons (Fsp3) is 0.643. The van der Waals surface area contributed by atoms with Crippen molar-refractivity contribution in [2.24, 2.45) is 0 Å². The lowest BCUT2D eigenvalue weighted by Gasteiger charge is -2.30. The summed E-state index contributed by atoms with van der Waals surface area (Å²) >= 11 is 0. The Morgan fingerprint density at radius 2 is 2.23 bits per heavy atom. The summed E-state index contributed by atoms with van der Waals surface area (Å²) in [4.78, 5) is 22.0. The number of rotatable bonds is 1. The Morgan fingerprint density at radius 3 is 2.86 bits per heavy atom. The molecule has 1 aliphatic heterocycles. The normalized spacial score (nSPS) is 21.5. The molecule has 1 aromatic heterocycles. The molecule has 0 radical (unpaired) electrons. The molecule has 2 atom stereocenters. The van der Waals surface area contributed by atoms with E-state index in [4.69, 9.17) is 4.74 Å². The maximum Gasteiger partial charge on any atom is 0.408 e. The first-order valence-corrected chi connectivity index (χ1v) is 7.15. The van der Waals surface area contributed by atoms with Crippen LogP contribution in [0.5, 0.6) is 0 Å². The second-order valence-electron chi connectivity index (χ2n) is 6.31. The molecule has 22 heavy (non-hydrogen) atoms. The first-order valence-electron chi connectivity index (χ1n) is 7.15. The van der Waals surface area contributed by atoms with Crippen LogP contribution < -0.4 is 15.5 Å². The summed E-state index contributed by atoms with van der Waals surface area (Å²) < 4.78 is 5.23. The van der Waals surface area contributed by atoms with E-state index in [1.165, 1.54) is 0 Å². The number of aryl methyl sites for hydroxylation is 1. The maximum absolute atomic E-state index is 11.9. The minimum Gasteiger partial charge on any atom is -0.444 e. The monoisotopic (exact) mass is 309 g/mol. The molecule has 8 heteroatoms. The maximum atomic E-state index is 11.9. The zero-order chi connectivity index (χ0) is 16.5. The SMILES string of the molecule is Cc1ncc2c(n1)NC[C@H](NC(=O)OC(C)(C)C)C(O)N2C. The van der Waals surface area contributed by atoms with Gasteiger partial charge in [-0.1, -0.05) is 0 Å². The Morgan fingerprint density at radius 1 is 1.55 bits per heavy atom. The Labute approximate surface area is 129 Å². The number of aromatic nitrogens is 2. The molecule has 1 amide bonds. The van der Waals surface area contributed by atoms with E-state index in [9.17, 15) is 9.90 Å². The molecular weight excluding hydrogens is 286 g/mol. The number of hydrogen-bond donors (Lipinski definition) is 3. The first-order chi connectivity index (χ1) is 10.2. The van der Waals surface area contributed by atoms with Crippen molar-refractivity contribution in [3.05, 3.63) is 12.0 Å². The van der Waals surface area contributed by atoms with Crippen LogP contribution in [0.15, 0.2) is 6.20 Å². The molecule has 0 aliphatic carbocycles. The van der Waals surface area contributed by atoms with Crippen molar-refractivity contribution in [2.75, 3.05) is 23.8 Å². The van der Waals surface area contributed by atoms with E-state index in [0.29, 0.717) is 23.9 Å². The van der Waals surface area contributed by atoms with Crippen LogP contribution in [0.2, 0.25) is 0 Å². The van der Waals surface area contributed by atoms with Gasteiger partial charge in [0, 0.05) is 13.6 Å². The van der Waals surface area contributed by atoms with Crippen LogP contribution in [0.3, 0.4) is 0 Å². The number of ether oxygens (including phenoxy) is 1.